The van der Waals surface area contributed by atoms with Gasteiger partial charge in [0.05, 0.1) is 5.52 Å². The Kier molecular flexibility index (Phi) is 3.41. The molecule has 1 saturated carbocycles. The van der Waals surface area contributed by atoms with Crippen molar-refractivity contribution in [2.75, 3.05) is 11.9 Å². The van der Waals surface area contributed by atoms with Crippen LogP contribution in [0.25, 0.3) is 10.9 Å². The number of nitrogens with zero attached hydrogens (tertiary/aromatic N) is 1. The van der Waals surface area contributed by atoms with Crippen LogP contribution in [0.5, 0.6) is 0 Å². The topological polar surface area (TPSA) is 24.9 Å². The van der Waals surface area contributed by atoms with E-state index in [0.717, 1.165) is 29.6 Å². The fourth-order valence-corrected chi connectivity index (χ4v) is 3.22. The largest absolute Gasteiger partial charge is 0.384 e. The van der Waals surface area contributed by atoms with Gasteiger partial charge >= 0.3 is 0 Å². The quantitative estimate of drug-likeness (QED) is 0.878. The number of rotatable bonds is 3. The normalized spacial score (nSPS) is 22.8. The molecular weight excluding hydrogens is 232 g/mol. The summed E-state index contributed by atoms with van der Waals surface area (Å²) in [5.41, 5.74) is 3.41. The number of hydrogen-bond donors (Lipinski definition) is 1. The summed E-state index contributed by atoms with van der Waals surface area (Å²) in [6.45, 7) is 5.54. The summed E-state index contributed by atoms with van der Waals surface area (Å²) in [5.74, 6) is 1.69. The molecular formula is C17H22N2. The third kappa shape index (κ3) is 2.58. The lowest BCUT2D eigenvalue weighted by Crippen LogP contribution is -2.16. The Morgan fingerprint density at radius 2 is 2.11 bits per heavy atom. The molecule has 1 aliphatic carbocycles. The van der Waals surface area contributed by atoms with E-state index in [4.69, 9.17) is 0 Å². The maximum Gasteiger partial charge on any atom is 0.0725 e. The second-order valence-electron chi connectivity index (χ2n) is 5.88. The van der Waals surface area contributed by atoms with Crippen LogP contribution in [0, 0.1) is 18.8 Å². The Hall–Kier alpha value is -1.57. The van der Waals surface area contributed by atoms with Crippen molar-refractivity contribution < 1.29 is 0 Å². The lowest BCUT2D eigenvalue weighted by Gasteiger charge is -2.18. The molecule has 2 nitrogen and oxygen atoms in total. The monoisotopic (exact) mass is 254 g/mol. The standard InChI is InChI=1S/C17H22N2/c1-12-6-5-7-14(12)11-18-17-10-13(2)19-16-9-4-3-8-15(16)17/h3-4,8-10,12,14H,5-7,11H2,1-2H3,(H,18,19). The fourth-order valence-electron chi connectivity index (χ4n) is 3.22. The molecule has 2 heteroatoms. The number of anilines is 1. The molecule has 3 rings (SSSR count). The average Bonchev–Trinajstić information content (AvgIpc) is 2.81. The number of hydrogen-bond acceptors (Lipinski definition) is 2. The molecule has 0 amide bonds. The maximum atomic E-state index is 4.59. The molecule has 1 aliphatic rings. The Morgan fingerprint density at radius 3 is 2.89 bits per heavy atom. The highest BCUT2D eigenvalue weighted by Crippen LogP contribution is 2.32. The van der Waals surface area contributed by atoms with Crippen molar-refractivity contribution in [1.29, 1.82) is 0 Å². The summed E-state index contributed by atoms with van der Waals surface area (Å²) in [6.07, 6.45) is 4.16. The highest BCUT2D eigenvalue weighted by molar-refractivity contribution is 5.91. The predicted molar refractivity (Wildman–Crippen MR) is 81.5 cm³/mol. The minimum atomic E-state index is 0.826. The molecule has 0 bridgehead atoms. The SMILES string of the molecule is Cc1cc(NCC2CCCC2C)c2ccccc2n1. The van der Waals surface area contributed by atoms with E-state index >= 15 is 0 Å². The van der Waals surface area contributed by atoms with Gasteiger partial charge in [-0.05, 0) is 37.3 Å². The molecule has 1 fully saturated rings. The first-order valence-electron chi connectivity index (χ1n) is 7.34. The molecule has 1 aromatic carbocycles. The number of aromatic nitrogens is 1. The van der Waals surface area contributed by atoms with Crippen LogP contribution in [0.3, 0.4) is 0 Å². The van der Waals surface area contributed by atoms with Crippen LogP contribution in [-0.4, -0.2) is 11.5 Å². The summed E-state index contributed by atoms with van der Waals surface area (Å²) in [6, 6.07) is 10.6. The highest BCUT2D eigenvalue weighted by atomic mass is 14.9. The van der Waals surface area contributed by atoms with Gasteiger partial charge in [0.25, 0.3) is 0 Å². The van der Waals surface area contributed by atoms with Crippen LogP contribution >= 0.6 is 0 Å². The molecule has 1 N–H and O–H groups in total. The van der Waals surface area contributed by atoms with E-state index in [0.29, 0.717) is 0 Å². The Bertz CT molecular complexity index is 576. The van der Waals surface area contributed by atoms with Gasteiger partial charge in [0.1, 0.15) is 0 Å². The molecule has 19 heavy (non-hydrogen) atoms. The summed E-state index contributed by atoms with van der Waals surface area (Å²) in [4.78, 5) is 4.59. The molecule has 2 aromatic rings. The Balaban J connectivity index is 1.84. The molecule has 0 saturated heterocycles. The van der Waals surface area contributed by atoms with Crippen molar-refractivity contribution in [3.05, 3.63) is 36.0 Å². The van der Waals surface area contributed by atoms with Gasteiger partial charge in [-0.1, -0.05) is 38.0 Å². The van der Waals surface area contributed by atoms with Crippen LogP contribution in [0.4, 0.5) is 5.69 Å². The summed E-state index contributed by atoms with van der Waals surface area (Å²) in [7, 11) is 0. The van der Waals surface area contributed by atoms with Crippen LogP contribution < -0.4 is 5.32 Å². The maximum absolute atomic E-state index is 4.59. The van der Waals surface area contributed by atoms with E-state index in [1.165, 1.54) is 30.3 Å². The number of pyridine rings is 1. The van der Waals surface area contributed by atoms with Crippen LogP contribution in [0.2, 0.25) is 0 Å². The molecule has 2 atom stereocenters. The van der Waals surface area contributed by atoms with E-state index in [-0.39, 0.29) is 0 Å². The molecule has 1 aromatic heterocycles. The first-order valence-corrected chi connectivity index (χ1v) is 7.34. The molecule has 2 unspecified atom stereocenters. The van der Waals surface area contributed by atoms with E-state index in [1.807, 2.05) is 0 Å². The number of benzene rings is 1. The van der Waals surface area contributed by atoms with Gasteiger partial charge in [0.15, 0.2) is 0 Å². The fraction of sp³-hybridized carbons (Fsp3) is 0.471. The Morgan fingerprint density at radius 1 is 1.26 bits per heavy atom. The van der Waals surface area contributed by atoms with Crippen molar-refractivity contribution in [2.45, 2.75) is 33.1 Å². The van der Waals surface area contributed by atoms with Gasteiger partial charge in [-0.25, -0.2) is 0 Å². The lowest BCUT2D eigenvalue weighted by atomic mass is 9.98. The number of nitrogens with one attached hydrogen (secondary N) is 1. The van der Waals surface area contributed by atoms with E-state index in [9.17, 15) is 0 Å². The van der Waals surface area contributed by atoms with Gasteiger partial charge in [-0.2, -0.15) is 0 Å². The Labute approximate surface area is 115 Å². The second-order valence-corrected chi connectivity index (χ2v) is 5.88. The first kappa shape index (κ1) is 12.5. The molecule has 0 aliphatic heterocycles. The number of para-hydroxylation sites is 1. The van der Waals surface area contributed by atoms with Crippen LogP contribution in [0.15, 0.2) is 30.3 Å². The zero-order chi connectivity index (χ0) is 13.2. The van der Waals surface area contributed by atoms with Crippen molar-refractivity contribution in [1.82, 2.24) is 4.98 Å². The second kappa shape index (κ2) is 5.20. The zero-order valence-electron chi connectivity index (χ0n) is 11.8. The van der Waals surface area contributed by atoms with Crippen LogP contribution in [-0.2, 0) is 0 Å². The number of aryl methyl sites for hydroxylation is 1. The zero-order valence-corrected chi connectivity index (χ0v) is 11.8. The predicted octanol–water partition coefficient (Wildman–Crippen LogP) is 4.39. The van der Waals surface area contributed by atoms with E-state index in [2.05, 4.69) is 54.5 Å². The van der Waals surface area contributed by atoms with Gasteiger partial charge in [0.2, 0.25) is 0 Å². The molecule has 100 valence electrons. The van der Waals surface area contributed by atoms with Gasteiger partial charge in [-0.3, -0.25) is 4.98 Å². The van der Waals surface area contributed by atoms with Gasteiger partial charge in [0, 0.05) is 23.3 Å². The average molecular weight is 254 g/mol. The summed E-state index contributed by atoms with van der Waals surface area (Å²) < 4.78 is 0. The summed E-state index contributed by atoms with van der Waals surface area (Å²) in [5, 5.41) is 4.90. The van der Waals surface area contributed by atoms with E-state index < -0.39 is 0 Å². The minimum absolute atomic E-state index is 0.826. The van der Waals surface area contributed by atoms with Gasteiger partial charge in [-0.15, -0.1) is 0 Å². The van der Waals surface area contributed by atoms with Gasteiger partial charge < -0.3 is 5.32 Å². The van der Waals surface area contributed by atoms with Crippen molar-refractivity contribution >= 4 is 16.6 Å². The summed E-state index contributed by atoms with van der Waals surface area (Å²) >= 11 is 0. The first-order chi connectivity index (χ1) is 9.24. The molecule has 0 spiro atoms. The van der Waals surface area contributed by atoms with E-state index in [1.54, 1.807) is 0 Å². The molecule has 1 heterocycles. The van der Waals surface area contributed by atoms with Crippen molar-refractivity contribution in [2.24, 2.45) is 11.8 Å². The lowest BCUT2D eigenvalue weighted by molar-refractivity contribution is 0.440. The molecule has 0 radical (unpaired) electrons. The number of fused-ring (bicyclic) bond motifs is 1. The van der Waals surface area contributed by atoms with Crippen molar-refractivity contribution in [3.8, 4) is 0 Å². The third-order valence-electron chi connectivity index (χ3n) is 4.44. The highest BCUT2D eigenvalue weighted by Gasteiger charge is 2.22. The van der Waals surface area contributed by atoms with Crippen molar-refractivity contribution in [3.63, 3.8) is 0 Å². The smallest absolute Gasteiger partial charge is 0.0725 e. The third-order valence-corrected chi connectivity index (χ3v) is 4.44. The van der Waals surface area contributed by atoms with Crippen LogP contribution in [0.1, 0.15) is 31.9 Å². The minimum Gasteiger partial charge on any atom is -0.384 e.